The highest BCUT2D eigenvalue weighted by Gasteiger charge is 2.15. The third-order valence-corrected chi connectivity index (χ3v) is 3.04. The number of amides is 1. The van der Waals surface area contributed by atoms with Crippen LogP contribution in [0.15, 0.2) is 33.6 Å². The first-order valence-corrected chi connectivity index (χ1v) is 6.50. The zero-order chi connectivity index (χ0) is 14.0. The van der Waals surface area contributed by atoms with Gasteiger partial charge in [-0.3, -0.25) is 4.79 Å². The summed E-state index contributed by atoms with van der Waals surface area (Å²) in [6.45, 7) is 0. The fourth-order valence-electron chi connectivity index (χ4n) is 1.28. The molecule has 0 saturated heterocycles. The molecule has 0 radical (unpaired) electrons. The van der Waals surface area contributed by atoms with Gasteiger partial charge in [-0.15, -0.1) is 0 Å². The lowest BCUT2D eigenvalue weighted by Gasteiger charge is -2.06. The maximum atomic E-state index is 13.4. The number of anilines is 1. The molecule has 1 heterocycles. The summed E-state index contributed by atoms with van der Waals surface area (Å²) >= 11 is 6.22. The van der Waals surface area contributed by atoms with Crippen LogP contribution in [0.3, 0.4) is 0 Å². The highest BCUT2D eigenvalue weighted by atomic mass is 79.9. The summed E-state index contributed by atoms with van der Waals surface area (Å²) in [7, 11) is 0. The number of benzene rings is 1. The first-order valence-electron chi connectivity index (χ1n) is 4.92. The Hall–Kier alpha value is -1.41. The number of nitrogens with zero attached hydrogens (tertiary/aromatic N) is 2. The van der Waals surface area contributed by atoms with Gasteiger partial charge in [-0.2, -0.15) is 0 Å². The molecule has 2 rings (SSSR count). The van der Waals surface area contributed by atoms with Gasteiger partial charge >= 0.3 is 0 Å². The van der Waals surface area contributed by atoms with Crippen molar-refractivity contribution in [2.24, 2.45) is 0 Å². The maximum Gasteiger partial charge on any atom is 0.259 e. The summed E-state index contributed by atoms with van der Waals surface area (Å²) in [6, 6.07) is 2.69. The summed E-state index contributed by atoms with van der Waals surface area (Å²) in [6.07, 6.45) is 1.38. The van der Waals surface area contributed by atoms with E-state index in [9.17, 15) is 13.6 Å². The van der Waals surface area contributed by atoms with Gasteiger partial charge in [0.15, 0.2) is 5.82 Å². The van der Waals surface area contributed by atoms with E-state index < -0.39 is 17.5 Å². The van der Waals surface area contributed by atoms with Crippen LogP contribution in [0.5, 0.6) is 0 Å². The average molecular weight is 393 g/mol. The summed E-state index contributed by atoms with van der Waals surface area (Å²) in [5, 5.41) is 2.37. The molecule has 0 fully saturated rings. The predicted molar refractivity (Wildman–Crippen MR) is 71.7 cm³/mol. The van der Waals surface area contributed by atoms with Gasteiger partial charge in [0.05, 0.1) is 11.8 Å². The molecule has 1 N–H and O–H groups in total. The minimum atomic E-state index is -0.946. The van der Waals surface area contributed by atoms with Crippen LogP contribution in [-0.4, -0.2) is 15.9 Å². The van der Waals surface area contributed by atoms with Crippen LogP contribution in [0.2, 0.25) is 0 Å². The third-order valence-electron chi connectivity index (χ3n) is 2.11. The van der Waals surface area contributed by atoms with E-state index in [0.717, 1.165) is 12.1 Å². The van der Waals surface area contributed by atoms with Gasteiger partial charge in [0.1, 0.15) is 20.8 Å². The van der Waals surface area contributed by atoms with Gasteiger partial charge in [-0.1, -0.05) is 0 Å². The highest BCUT2D eigenvalue weighted by molar-refractivity contribution is 9.11. The van der Waals surface area contributed by atoms with Crippen molar-refractivity contribution in [3.8, 4) is 0 Å². The molecule has 0 unspecified atom stereocenters. The molecule has 0 saturated carbocycles. The molecule has 0 spiro atoms. The van der Waals surface area contributed by atoms with Crippen LogP contribution in [0.1, 0.15) is 10.4 Å². The van der Waals surface area contributed by atoms with Gasteiger partial charge in [0.2, 0.25) is 0 Å². The van der Waals surface area contributed by atoms with Crippen LogP contribution in [0.25, 0.3) is 0 Å². The summed E-state index contributed by atoms with van der Waals surface area (Å²) in [5.41, 5.74) is -0.280. The van der Waals surface area contributed by atoms with Crippen LogP contribution < -0.4 is 5.32 Å². The molecule has 0 aliphatic carbocycles. The van der Waals surface area contributed by atoms with Crippen molar-refractivity contribution in [2.75, 3.05) is 5.32 Å². The molecule has 19 heavy (non-hydrogen) atoms. The molecule has 0 atom stereocenters. The molecule has 0 bridgehead atoms. The van der Waals surface area contributed by atoms with Crippen molar-refractivity contribution in [3.05, 3.63) is 50.8 Å². The van der Waals surface area contributed by atoms with E-state index in [1.807, 2.05) is 0 Å². The van der Waals surface area contributed by atoms with E-state index in [2.05, 4.69) is 47.1 Å². The predicted octanol–water partition coefficient (Wildman–Crippen LogP) is 3.53. The molecule has 2 aromatic rings. The monoisotopic (exact) mass is 391 g/mol. The van der Waals surface area contributed by atoms with Gasteiger partial charge in [-0.05, 0) is 44.0 Å². The summed E-state index contributed by atoms with van der Waals surface area (Å²) < 4.78 is 26.9. The van der Waals surface area contributed by atoms with E-state index in [-0.39, 0.29) is 16.0 Å². The number of aromatic nitrogens is 2. The quantitative estimate of drug-likeness (QED) is 0.850. The minimum Gasteiger partial charge on any atom is -0.304 e. The summed E-state index contributed by atoms with van der Waals surface area (Å²) in [4.78, 5) is 19.7. The number of carbonyl (C=O) groups is 1. The minimum absolute atomic E-state index is 0.136. The van der Waals surface area contributed by atoms with Crippen molar-refractivity contribution in [1.29, 1.82) is 0 Å². The normalized spacial score (nSPS) is 10.3. The number of hydrogen-bond donors (Lipinski definition) is 1. The molecule has 4 nitrogen and oxygen atoms in total. The molecule has 1 amide bonds. The Balaban J connectivity index is 2.25. The zero-order valence-electron chi connectivity index (χ0n) is 9.12. The lowest BCUT2D eigenvalue weighted by Crippen LogP contribution is -2.15. The smallest absolute Gasteiger partial charge is 0.259 e. The van der Waals surface area contributed by atoms with Crippen LogP contribution in [-0.2, 0) is 0 Å². The van der Waals surface area contributed by atoms with Crippen LogP contribution >= 0.6 is 31.9 Å². The Bertz CT molecular complexity index is 652. The molecule has 1 aromatic carbocycles. The number of hydrogen-bond acceptors (Lipinski definition) is 3. The van der Waals surface area contributed by atoms with Crippen LogP contribution in [0, 0.1) is 11.6 Å². The van der Waals surface area contributed by atoms with E-state index >= 15 is 0 Å². The Morgan fingerprint density at radius 1 is 1.26 bits per heavy atom. The SMILES string of the molecule is O=C(Nc1ncc(Br)nc1Br)c1ccc(F)cc1F. The Labute approximate surface area is 123 Å². The van der Waals surface area contributed by atoms with Gasteiger partial charge in [0, 0.05) is 6.07 Å². The number of rotatable bonds is 2. The molecular formula is C11H5Br2F2N3O. The van der Waals surface area contributed by atoms with E-state index in [0.29, 0.717) is 10.7 Å². The van der Waals surface area contributed by atoms with Crippen LogP contribution in [0.4, 0.5) is 14.6 Å². The number of nitrogens with one attached hydrogen (secondary N) is 1. The first-order chi connectivity index (χ1) is 8.97. The van der Waals surface area contributed by atoms with Gasteiger partial charge in [-0.25, -0.2) is 18.7 Å². The van der Waals surface area contributed by atoms with Crippen molar-refractivity contribution >= 4 is 43.6 Å². The Kier molecular flexibility index (Phi) is 4.20. The topological polar surface area (TPSA) is 54.9 Å². The van der Waals surface area contributed by atoms with E-state index in [1.165, 1.54) is 6.20 Å². The average Bonchev–Trinajstić information content (AvgIpc) is 2.32. The molecular weight excluding hydrogens is 388 g/mol. The Morgan fingerprint density at radius 2 is 2.00 bits per heavy atom. The van der Waals surface area contributed by atoms with Crippen molar-refractivity contribution in [2.45, 2.75) is 0 Å². The van der Waals surface area contributed by atoms with E-state index in [1.54, 1.807) is 0 Å². The standard InChI is InChI=1S/C11H5Br2F2N3O/c12-8-4-16-10(9(13)17-8)18-11(19)6-2-1-5(14)3-7(6)15/h1-4H,(H,16,18,19). The molecule has 0 aliphatic heterocycles. The third kappa shape index (κ3) is 3.32. The fraction of sp³-hybridized carbons (Fsp3) is 0. The second-order valence-corrected chi connectivity index (χ2v) is 4.97. The van der Waals surface area contributed by atoms with Crippen molar-refractivity contribution in [3.63, 3.8) is 0 Å². The first kappa shape index (κ1) is 14.0. The lowest BCUT2D eigenvalue weighted by molar-refractivity contribution is 0.102. The maximum absolute atomic E-state index is 13.4. The van der Waals surface area contributed by atoms with Gasteiger partial charge < -0.3 is 5.32 Å². The zero-order valence-corrected chi connectivity index (χ0v) is 12.3. The molecule has 8 heteroatoms. The van der Waals surface area contributed by atoms with Crippen molar-refractivity contribution in [1.82, 2.24) is 9.97 Å². The molecule has 0 aliphatic rings. The van der Waals surface area contributed by atoms with E-state index in [4.69, 9.17) is 0 Å². The number of halogens is 4. The molecule has 1 aromatic heterocycles. The Morgan fingerprint density at radius 3 is 2.63 bits per heavy atom. The second-order valence-electron chi connectivity index (χ2n) is 3.41. The fourth-order valence-corrected chi connectivity index (χ4v) is 2.19. The molecule has 98 valence electrons. The lowest BCUT2D eigenvalue weighted by atomic mass is 10.2. The second kappa shape index (κ2) is 5.70. The highest BCUT2D eigenvalue weighted by Crippen LogP contribution is 2.20. The largest absolute Gasteiger partial charge is 0.304 e. The number of carbonyl (C=O) groups excluding carboxylic acids is 1. The van der Waals surface area contributed by atoms with Gasteiger partial charge in [0.25, 0.3) is 5.91 Å². The van der Waals surface area contributed by atoms with Crippen molar-refractivity contribution < 1.29 is 13.6 Å². The summed E-state index contributed by atoms with van der Waals surface area (Å²) in [5.74, 6) is -2.30.